The van der Waals surface area contributed by atoms with Gasteiger partial charge in [-0.15, -0.1) is 0 Å². The van der Waals surface area contributed by atoms with Crippen LogP contribution in [0.3, 0.4) is 0 Å². The van der Waals surface area contributed by atoms with Gasteiger partial charge in [0, 0.05) is 50.7 Å². The molecule has 3 heterocycles. The highest BCUT2D eigenvalue weighted by atomic mass is 32.2. The fraction of sp³-hybridized carbons (Fsp3) is 0.529. The summed E-state index contributed by atoms with van der Waals surface area (Å²) in [5.41, 5.74) is 2.00. The second-order valence-electron chi connectivity index (χ2n) is 6.39. The Morgan fingerprint density at radius 2 is 2.00 bits per heavy atom. The number of allylic oxidation sites excluding steroid dienone is 1. The number of nitrogens with zero attached hydrogens (tertiary/aromatic N) is 4. The maximum absolute atomic E-state index is 12.7. The monoisotopic (exact) mass is 386 g/mol. The molecule has 0 bridgehead atoms. The molecule has 0 saturated carbocycles. The number of amides is 2. The Balaban J connectivity index is 1.60. The minimum absolute atomic E-state index is 0.0566. The Morgan fingerprint density at radius 3 is 2.69 bits per heavy atom. The van der Waals surface area contributed by atoms with Gasteiger partial charge in [0.05, 0.1) is 0 Å². The predicted octanol–water partition coefficient (Wildman–Crippen LogP) is 3.86. The minimum Gasteiger partial charge on any atom is -0.341 e. The molecular formula is C17H21F3N4OS. The molecule has 1 unspecified atom stereocenters. The molecule has 2 aliphatic rings. The average Bonchev–Trinajstić information content (AvgIpc) is 3.11. The van der Waals surface area contributed by atoms with Gasteiger partial charge in [-0.25, -0.2) is 4.79 Å². The van der Waals surface area contributed by atoms with E-state index >= 15 is 0 Å². The number of urea groups is 1. The van der Waals surface area contributed by atoms with Gasteiger partial charge in [0.2, 0.25) is 0 Å². The van der Waals surface area contributed by atoms with Crippen LogP contribution in [0.2, 0.25) is 0 Å². The molecule has 1 aromatic rings. The van der Waals surface area contributed by atoms with Crippen molar-refractivity contribution in [3.63, 3.8) is 0 Å². The number of hydrogen-bond acceptors (Lipinski definition) is 4. The van der Waals surface area contributed by atoms with Crippen molar-refractivity contribution in [2.24, 2.45) is 0 Å². The van der Waals surface area contributed by atoms with Gasteiger partial charge >= 0.3 is 12.2 Å². The van der Waals surface area contributed by atoms with Crippen LogP contribution in [0.15, 0.2) is 35.6 Å². The van der Waals surface area contributed by atoms with Crippen molar-refractivity contribution in [3.05, 3.63) is 41.2 Å². The molecule has 26 heavy (non-hydrogen) atoms. The summed E-state index contributed by atoms with van der Waals surface area (Å²) in [7, 11) is 0. The van der Waals surface area contributed by atoms with Crippen LogP contribution < -0.4 is 0 Å². The first-order chi connectivity index (χ1) is 12.3. The van der Waals surface area contributed by atoms with Crippen LogP contribution in [0.25, 0.3) is 0 Å². The van der Waals surface area contributed by atoms with Crippen LogP contribution in [-0.4, -0.2) is 57.0 Å². The lowest BCUT2D eigenvalue weighted by atomic mass is 10.2. The highest BCUT2D eigenvalue weighted by Gasteiger charge is 2.39. The summed E-state index contributed by atoms with van der Waals surface area (Å²) in [5, 5.41) is 2.02. The molecular weight excluding hydrogens is 365 g/mol. The number of halogens is 3. The first kappa shape index (κ1) is 18.9. The molecule has 9 heteroatoms. The molecule has 0 aliphatic carbocycles. The van der Waals surface area contributed by atoms with Crippen molar-refractivity contribution in [3.8, 4) is 0 Å². The van der Waals surface area contributed by atoms with E-state index in [1.807, 2.05) is 24.5 Å². The van der Waals surface area contributed by atoms with Crippen LogP contribution in [0.5, 0.6) is 0 Å². The molecule has 142 valence electrons. The van der Waals surface area contributed by atoms with E-state index in [1.165, 1.54) is 4.90 Å². The zero-order chi connectivity index (χ0) is 18.7. The first-order valence-electron chi connectivity index (χ1n) is 8.45. The zero-order valence-electron chi connectivity index (χ0n) is 14.4. The van der Waals surface area contributed by atoms with E-state index in [9.17, 15) is 18.0 Å². The van der Waals surface area contributed by atoms with E-state index in [-0.39, 0.29) is 24.5 Å². The van der Waals surface area contributed by atoms with Gasteiger partial charge in [0.15, 0.2) is 5.50 Å². The van der Waals surface area contributed by atoms with Crippen LogP contribution >= 0.6 is 11.8 Å². The van der Waals surface area contributed by atoms with Crippen molar-refractivity contribution in [1.82, 2.24) is 19.7 Å². The molecule has 1 aromatic heterocycles. The maximum Gasteiger partial charge on any atom is 0.389 e. The second-order valence-corrected chi connectivity index (χ2v) is 7.32. The third-order valence-corrected chi connectivity index (χ3v) is 5.69. The average molecular weight is 386 g/mol. The van der Waals surface area contributed by atoms with Crippen molar-refractivity contribution >= 4 is 17.8 Å². The summed E-state index contributed by atoms with van der Waals surface area (Å²) in [5.74, 6) is 0. The smallest absolute Gasteiger partial charge is 0.341 e. The molecule has 1 fully saturated rings. The topological polar surface area (TPSA) is 39.7 Å². The summed E-state index contributed by atoms with van der Waals surface area (Å²) >= 11 is 1.56. The third-order valence-electron chi connectivity index (χ3n) is 4.46. The van der Waals surface area contributed by atoms with Gasteiger partial charge in [-0.1, -0.05) is 11.8 Å². The minimum atomic E-state index is -4.17. The van der Waals surface area contributed by atoms with Crippen molar-refractivity contribution in [2.45, 2.75) is 38.0 Å². The van der Waals surface area contributed by atoms with E-state index in [0.29, 0.717) is 19.6 Å². The van der Waals surface area contributed by atoms with E-state index in [4.69, 9.17) is 0 Å². The predicted molar refractivity (Wildman–Crippen MR) is 93.9 cm³/mol. The van der Waals surface area contributed by atoms with Gasteiger partial charge in [-0.3, -0.25) is 9.88 Å². The van der Waals surface area contributed by atoms with Crippen LogP contribution in [-0.2, 0) is 6.54 Å². The molecule has 5 nitrogen and oxygen atoms in total. The van der Waals surface area contributed by atoms with Crippen molar-refractivity contribution in [1.29, 1.82) is 0 Å². The number of hydrogen-bond donors (Lipinski definition) is 0. The lowest BCUT2D eigenvalue weighted by Gasteiger charge is -2.34. The zero-order valence-corrected chi connectivity index (χ0v) is 15.3. The SMILES string of the molecule is CC1=CSC(N2CCN(CCCC(F)(F)F)C2=O)N1Cc1ccncc1. The summed E-state index contributed by atoms with van der Waals surface area (Å²) in [6.45, 7) is 3.78. The number of aromatic nitrogens is 1. The molecule has 1 saturated heterocycles. The maximum atomic E-state index is 12.7. The summed E-state index contributed by atoms with van der Waals surface area (Å²) in [6.07, 6.45) is -1.62. The van der Waals surface area contributed by atoms with Gasteiger partial charge in [0.25, 0.3) is 0 Å². The Hall–Kier alpha value is -1.90. The van der Waals surface area contributed by atoms with E-state index in [2.05, 4.69) is 9.88 Å². The highest BCUT2D eigenvalue weighted by Crippen LogP contribution is 2.36. The van der Waals surface area contributed by atoms with Gasteiger partial charge in [0.1, 0.15) is 0 Å². The molecule has 0 spiro atoms. The molecule has 0 aromatic carbocycles. The summed E-state index contributed by atoms with van der Waals surface area (Å²) in [6, 6.07) is 3.68. The van der Waals surface area contributed by atoms with Gasteiger partial charge in [-0.05, 0) is 36.4 Å². The van der Waals surface area contributed by atoms with Crippen LogP contribution in [0, 0.1) is 0 Å². The Bertz CT molecular complexity index is 668. The molecule has 0 radical (unpaired) electrons. The Kier molecular flexibility index (Phi) is 5.64. The van der Waals surface area contributed by atoms with Crippen LogP contribution in [0.4, 0.5) is 18.0 Å². The summed E-state index contributed by atoms with van der Waals surface area (Å²) < 4.78 is 36.9. The molecule has 2 amide bonds. The number of pyridine rings is 1. The Morgan fingerprint density at radius 1 is 1.27 bits per heavy atom. The number of carbonyl (C=O) groups is 1. The van der Waals surface area contributed by atoms with Crippen molar-refractivity contribution < 1.29 is 18.0 Å². The highest BCUT2D eigenvalue weighted by molar-refractivity contribution is 8.02. The molecule has 2 aliphatic heterocycles. The van der Waals surface area contributed by atoms with Gasteiger partial charge in [-0.2, -0.15) is 13.2 Å². The Labute approximate surface area is 154 Å². The number of carbonyl (C=O) groups excluding carboxylic acids is 1. The van der Waals surface area contributed by atoms with Crippen LogP contribution in [0.1, 0.15) is 25.3 Å². The first-order valence-corrected chi connectivity index (χ1v) is 9.39. The molecule has 3 rings (SSSR count). The second kappa shape index (κ2) is 7.77. The lowest BCUT2D eigenvalue weighted by Crippen LogP contribution is -2.45. The third kappa shape index (κ3) is 4.44. The number of alkyl halides is 3. The van der Waals surface area contributed by atoms with E-state index in [1.54, 1.807) is 29.1 Å². The normalized spacial score (nSPS) is 20.9. The fourth-order valence-corrected chi connectivity index (χ4v) is 4.27. The molecule has 0 N–H and O–H groups in total. The quantitative estimate of drug-likeness (QED) is 0.744. The van der Waals surface area contributed by atoms with E-state index in [0.717, 1.165) is 11.3 Å². The molecule has 1 atom stereocenters. The lowest BCUT2D eigenvalue weighted by molar-refractivity contribution is -0.135. The summed E-state index contributed by atoms with van der Waals surface area (Å²) in [4.78, 5) is 22.1. The van der Waals surface area contributed by atoms with E-state index < -0.39 is 12.6 Å². The number of thioether (sulfide) groups is 1. The fourth-order valence-electron chi connectivity index (χ4n) is 3.09. The standard InChI is InChI=1S/C17H21F3N4OS/c1-13-12-26-16(24(13)11-14-3-6-21-7-4-14)23-10-9-22(15(23)25)8-2-5-17(18,19)20/h3-4,6-7,12,16H,2,5,8-11H2,1H3. The van der Waals surface area contributed by atoms with Gasteiger partial charge < -0.3 is 9.80 Å². The largest absolute Gasteiger partial charge is 0.389 e. The van der Waals surface area contributed by atoms with Crippen molar-refractivity contribution in [2.75, 3.05) is 19.6 Å². The number of rotatable bonds is 6.